The molecular formula is C22H23N5O3. The lowest BCUT2D eigenvalue weighted by molar-refractivity contribution is 0.0739. The first-order chi connectivity index (χ1) is 14.7. The van der Waals surface area contributed by atoms with E-state index in [-0.39, 0.29) is 5.91 Å². The van der Waals surface area contributed by atoms with Crippen LogP contribution in [0.1, 0.15) is 10.4 Å². The van der Waals surface area contributed by atoms with E-state index in [1.165, 1.54) is 0 Å². The first-order valence-electron chi connectivity index (χ1n) is 9.70. The van der Waals surface area contributed by atoms with Gasteiger partial charge in [-0.05, 0) is 36.4 Å². The van der Waals surface area contributed by atoms with E-state index in [0.717, 1.165) is 17.1 Å². The maximum absolute atomic E-state index is 13.1. The number of amides is 1. The molecule has 1 amide bonds. The predicted molar refractivity (Wildman–Crippen MR) is 113 cm³/mol. The molecule has 1 fully saturated rings. The molecule has 0 radical (unpaired) electrons. The quantitative estimate of drug-likeness (QED) is 0.645. The van der Waals surface area contributed by atoms with Gasteiger partial charge in [0.15, 0.2) is 5.82 Å². The molecule has 0 unspecified atom stereocenters. The Kier molecular flexibility index (Phi) is 5.74. The molecule has 1 aliphatic heterocycles. The number of hydrogen-bond donors (Lipinski definition) is 0. The molecular weight excluding hydrogens is 382 g/mol. The average molecular weight is 405 g/mol. The fraction of sp³-hybridized carbons (Fsp3) is 0.273. The second-order valence-electron chi connectivity index (χ2n) is 6.83. The van der Waals surface area contributed by atoms with Crippen molar-refractivity contribution in [1.82, 2.24) is 20.1 Å². The molecule has 154 valence electrons. The third kappa shape index (κ3) is 3.89. The summed E-state index contributed by atoms with van der Waals surface area (Å²) in [7, 11) is 3.11. The minimum atomic E-state index is -0.0944. The maximum atomic E-state index is 13.1. The van der Waals surface area contributed by atoms with Crippen molar-refractivity contribution >= 4 is 11.7 Å². The number of piperazine rings is 1. The number of hydrogen-bond acceptors (Lipinski definition) is 7. The van der Waals surface area contributed by atoms with Gasteiger partial charge in [0.2, 0.25) is 0 Å². The minimum Gasteiger partial charge on any atom is -0.496 e. The van der Waals surface area contributed by atoms with E-state index in [9.17, 15) is 4.79 Å². The smallest absolute Gasteiger partial charge is 0.261 e. The number of aromatic nitrogens is 3. The molecule has 4 rings (SSSR count). The number of nitrogens with zero attached hydrogens (tertiary/aromatic N) is 5. The summed E-state index contributed by atoms with van der Waals surface area (Å²) in [4.78, 5) is 21.1. The van der Waals surface area contributed by atoms with Crippen LogP contribution in [0.25, 0.3) is 11.3 Å². The lowest BCUT2D eigenvalue weighted by Gasteiger charge is -2.35. The number of carbonyl (C=O) groups is 1. The van der Waals surface area contributed by atoms with Crippen molar-refractivity contribution in [1.29, 1.82) is 0 Å². The van der Waals surface area contributed by atoms with Crippen LogP contribution in [0.5, 0.6) is 11.5 Å². The summed E-state index contributed by atoms with van der Waals surface area (Å²) in [6.07, 6.45) is 3.47. The molecule has 1 aliphatic rings. The number of anilines is 1. The number of rotatable bonds is 5. The Labute approximate surface area is 175 Å². The van der Waals surface area contributed by atoms with Gasteiger partial charge >= 0.3 is 0 Å². The molecule has 3 heterocycles. The van der Waals surface area contributed by atoms with Crippen molar-refractivity contribution in [3.05, 3.63) is 60.4 Å². The molecule has 3 aromatic rings. The Balaban J connectivity index is 1.44. The number of methoxy groups -OCH3 is 2. The van der Waals surface area contributed by atoms with Crippen LogP contribution in [-0.4, -0.2) is 66.4 Å². The molecule has 0 saturated carbocycles. The van der Waals surface area contributed by atoms with Crippen molar-refractivity contribution in [2.24, 2.45) is 0 Å². The number of ether oxygens (including phenoxy) is 2. The maximum Gasteiger partial charge on any atom is 0.261 e. The van der Waals surface area contributed by atoms with Gasteiger partial charge < -0.3 is 19.3 Å². The lowest BCUT2D eigenvalue weighted by atomic mass is 10.1. The van der Waals surface area contributed by atoms with Gasteiger partial charge in [-0.2, -0.15) is 0 Å². The SMILES string of the molecule is COc1cccc(OC)c1C(=O)N1CCN(c2ccc(-c3ccncc3)nn2)CC1. The fourth-order valence-corrected chi connectivity index (χ4v) is 3.53. The highest BCUT2D eigenvalue weighted by Crippen LogP contribution is 2.30. The van der Waals surface area contributed by atoms with Gasteiger partial charge in [-0.15, -0.1) is 10.2 Å². The van der Waals surface area contributed by atoms with Gasteiger partial charge in [-0.25, -0.2) is 0 Å². The zero-order valence-electron chi connectivity index (χ0n) is 17.0. The van der Waals surface area contributed by atoms with Crippen LogP contribution in [0.4, 0.5) is 5.82 Å². The van der Waals surface area contributed by atoms with Gasteiger partial charge in [0.25, 0.3) is 5.91 Å². The van der Waals surface area contributed by atoms with Crippen LogP contribution in [0, 0.1) is 0 Å². The summed E-state index contributed by atoms with van der Waals surface area (Å²) < 4.78 is 10.8. The van der Waals surface area contributed by atoms with Crippen molar-refractivity contribution < 1.29 is 14.3 Å². The summed E-state index contributed by atoms with van der Waals surface area (Å²) in [6, 6.07) is 13.1. The van der Waals surface area contributed by atoms with E-state index >= 15 is 0 Å². The Morgan fingerprint density at radius 3 is 2.10 bits per heavy atom. The number of benzene rings is 1. The van der Waals surface area contributed by atoms with E-state index in [1.54, 1.807) is 44.8 Å². The summed E-state index contributed by atoms with van der Waals surface area (Å²) in [5.41, 5.74) is 2.24. The highest BCUT2D eigenvalue weighted by atomic mass is 16.5. The van der Waals surface area contributed by atoms with Crippen molar-refractivity contribution in [2.75, 3.05) is 45.3 Å². The largest absolute Gasteiger partial charge is 0.496 e. The Hall–Kier alpha value is -3.68. The van der Waals surface area contributed by atoms with Crippen molar-refractivity contribution in [2.45, 2.75) is 0 Å². The standard InChI is InChI=1S/C22H23N5O3/c1-29-18-4-3-5-19(30-2)21(18)22(28)27-14-12-26(13-15-27)20-7-6-17(24-25-20)16-8-10-23-11-9-16/h3-11H,12-15H2,1-2H3. The molecule has 8 nitrogen and oxygen atoms in total. The first kappa shape index (κ1) is 19.6. The second-order valence-corrected chi connectivity index (χ2v) is 6.83. The van der Waals surface area contributed by atoms with Crippen LogP contribution < -0.4 is 14.4 Å². The second kappa shape index (κ2) is 8.77. The Morgan fingerprint density at radius 1 is 0.867 bits per heavy atom. The van der Waals surface area contributed by atoms with Gasteiger partial charge in [0, 0.05) is 44.1 Å². The third-order valence-electron chi connectivity index (χ3n) is 5.16. The van der Waals surface area contributed by atoms with Crippen LogP contribution in [-0.2, 0) is 0 Å². The lowest BCUT2D eigenvalue weighted by Crippen LogP contribution is -2.49. The molecule has 0 aliphatic carbocycles. The highest BCUT2D eigenvalue weighted by Gasteiger charge is 2.27. The predicted octanol–water partition coefficient (Wildman–Crippen LogP) is 2.52. The Bertz CT molecular complexity index is 981. The molecule has 2 aromatic heterocycles. The number of pyridine rings is 1. The molecule has 8 heteroatoms. The Morgan fingerprint density at radius 2 is 1.53 bits per heavy atom. The zero-order valence-corrected chi connectivity index (χ0v) is 17.0. The average Bonchev–Trinajstić information content (AvgIpc) is 2.83. The zero-order chi connectivity index (χ0) is 20.9. The first-order valence-corrected chi connectivity index (χ1v) is 9.70. The summed E-state index contributed by atoms with van der Waals surface area (Å²) in [6.45, 7) is 2.50. The van der Waals surface area contributed by atoms with Crippen LogP contribution in [0.3, 0.4) is 0 Å². The van der Waals surface area contributed by atoms with Crippen molar-refractivity contribution in [3.8, 4) is 22.8 Å². The monoisotopic (exact) mass is 405 g/mol. The highest BCUT2D eigenvalue weighted by molar-refractivity contribution is 5.99. The van der Waals surface area contributed by atoms with Gasteiger partial charge in [-0.3, -0.25) is 9.78 Å². The van der Waals surface area contributed by atoms with E-state index in [0.29, 0.717) is 43.2 Å². The van der Waals surface area contributed by atoms with Crippen molar-refractivity contribution in [3.63, 3.8) is 0 Å². The van der Waals surface area contributed by atoms with Crippen LogP contribution >= 0.6 is 0 Å². The normalized spacial score (nSPS) is 13.8. The van der Waals surface area contributed by atoms with E-state index in [4.69, 9.17) is 9.47 Å². The summed E-state index contributed by atoms with van der Waals surface area (Å²) >= 11 is 0. The van der Waals surface area contributed by atoms with Crippen LogP contribution in [0.2, 0.25) is 0 Å². The van der Waals surface area contributed by atoms with Gasteiger partial charge in [-0.1, -0.05) is 6.07 Å². The topological polar surface area (TPSA) is 80.7 Å². The summed E-state index contributed by atoms with van der Waals surface area (Å²) in [5, 5.41) is 8.71. The van der Waals surface area contributed by atoms with E-state index in [2.05, 4.69) is 20.1 Å². The van der Waals surface area contributed by atoms with Gasteiger partial charge in [0.05, 0.1) is 19.9 Å². The molecule has 0 N–H and O–H groups in total. The van der Waals surface area contributed by atoms with Crippen LogP contribution in [0.15, 0.2) is 54.9 Å². The minimum absolute atomic E-state index is 0.0944. The number of carbonyl (C=O) groups excluding carboxylic acids is 1. The van der Waals surface area contributed by atoms with E-state index in [1.807, 2.05) is 29.2 Å². The van der Waals surface area contributed by atoms with Gasteiger partial charge in [0.1, 0.15) is 17.1 Å². The molecule has 30 heavy (non-hydrogen) atoms. The molecule has 0 bridgehead atoms. The third-order valence-corrected chi connectivity index (χ3v) is 5.16. The molecule has 0 atom stereocenters. The summed E-state index contributed by atoms with van der Waals surface area (Å²) in [5.74, 6) is 1.73. The fourth-order valence-electron chi connectivity index (χ4n) is 3.53. The molecule has 1 aromatic carbocycles. The molecule has 0 spiro atoms. The molecule has 1 saturated heterocycles. The van der Waals surface area contributed by atoms with E-state index < -0.39 is 0 Å².